The summed E-state index contributed by atoms with van der Waals surface area (Å²) in [5.74, 6) is 0. The molecular weight excluding hydrogens is 240 g/mol. The molecule has 1 N–H and O–H groups in total. The van der Waals surface area contributed by atoms with E-state index in [-0.39, 0.29) is 15.9 Å². The molecule has 6 heavy (non-hydrogen) atoms. The summed E-state index contributed by atoms with van der Waals surface area (Å²) < 4.78 is 8.46. The Morgan fingerprint density at radius 2 is 1.67 bits per heavy atom. The van der Waals surface area contributed by atoms with Crippen molar-refractivity contribution < 1.29 is 25.4 Å². The topological polar surface area (TPSA) is 37.3 Å². The molecule has 42 valence electrons. The number of hydrogen-bond donors (Lipinski definition) is 1. The molecule has 0 aromatic heterocycles. The normalized spacial score (nSPS) is 7.17. The van der Waals surface area contributed by atoms with Gasteiger partial charge in [-0.25, -0.2) is 4.57 Å². The van der Waals surface area contributed by atoms with E-state index in [1.807, 2.05) is 0 Å². The van der Waals surface area contributed by atoms with Crippen LogP contribution in [0.4, 0.5) is 0 Å². The minimum absolute atomic E-state index is 0.106. The number of halogens is 2. The van der Waals surface area contributed by atoms with Crippen LogP contribution in [0.3, 0.4) is 0 Å². The maximum atomic E-state index is 8.46. The molecule has 0 radical (unpaired) electrons. The second-order valence-electron chi connectivity index (χ2n) is 0.127. The van der Waals surface area contributed by atoms with Gasteiger partial charge in [0.15, 0.2) is 0 Å². The van der Waals surface area contributed by atoms with Crippen LogP contribution in [0.15, 0.2) is 0 Å². The molecule has 0 unspecified atom stereocenters. The number of rotatable bonds is 0. The Labute approximate surface area is 53.2 Å². The van der Waals surface area contributed by atoms with Gasteiger partial charge in [-0.05, 0) is 0 Å². The standard InChI is InChI=1S/2ClH.HO2P.Pd/c;;1-3-2;/h2*1H;(H,1,2);/q;;;+2/p-2. The summed E-state index contributed by atoms with van der Waals surface area (Å²) in [6.45, 7) is 0. The van der Waals surface area contributed by atoms with E-state index >= 15 is 0 Å². The van der Waals surface area contributed by atoms with E-state index in [1.165, 1.54) is 0 Å². The predicted octanol–water partition coefficient (Wildman–Crippen LogP) is 1.56. The summed E-state index contributed by atoms with van der Waals surface area (Å²) in [6, 6.07) is 0. The van der Waals surface area contributed by atoms with Crippen LogP contribution in [-0.2, 0) is 20.5 Å². The van der Waals surface area contributed by atoms with Gasteiger partial charge in [-0.2, -0.15) is 0 Å². The molecule has 0 heterocycles. The number of hydrogen-bond acceptors (Lipinski definition) is 1. The average Bonchev–Trinajstić information content (AvgIpc) is 1.39. The third-order valence-corrected chi connectivity index (χ3v) is 0. The fraction of sp³-hybridized carbons (Fsp3) is 0. The quantitative estimate of drug-likeness (QED) is 0.516. The van der Waals surface area contributed by atoms with Gasteiger partial charge in [0.25, 0.3) is 0 Å². The third kappa shape index (κ3) is 57.9. The maximum absolute atomic E-state index is 8.46. The van der Waals surface area contributed by atoms with Crippen molar-refractivity contribution in [2.45, 2.75) is 0 Å². The van der Waals surface area contributed by atoms with Gasteiger partial charge in [0.2, 0.25) is 0 Å². The van der Waals surface area contributed by atoms with Gasteiger partial charge in [0, 0.05) is 0 Å². The van der Waals surface area contributed by atoms with Crippen molar-refractivity contribution >= 4 is 27.7 Å². The first kappa shape index (κ1) is 10.3. The van der Waals surface area contributed by atoms with Crippen molar-refractivity contribution in [3.63, 3.8) is 0 Å². The molecule has 0 aliphatic carbocycles. The Morgan fingerprint density at radius 3 is 1.67 bits per heavy atom. The summed E-state index contributed by atoms with van der Waals surface area (Å²) in [7, 11) is 8.79. The van der Waals surface area contributed by atoms with Crippen molar-refractivity contribution in [1.29, 1.82) is 0 Å². The van der Waals surface area contributed by atoms with Crippen LogP contribution in [0.1, 0.15) is 0 Å². The van der Waals surface area contributed by atoms with E-state index in [9.17, 15) is 0 Å². The average molecular weight is 241 g/mol. The first-order valence-corrected chi connectivity index (χ1v) is 5.39. The monoisotopic (exact) mass is 240 g/mol. The molecule has 0 rings (SSSR count). The van der Waals surface area contributed by atoms with E-state index in [0.717, 1.165) is 0 Å². The molecular formula is HCl2O2PPd. The molecule has 0 atom stereocenters. The van der Waals surface area contributed by atoms with E-state index in [1.54, 1.807) is 0 Å². The first-order chi connectivity index (χ1) is 2.83. The SMILES string of the molecule is O=PO.[Cl][Pd][Cl]. The molecule has 0 bridgehead atoms. The zero-order valence-corrected chi connectivity index (χ0v) is 6.34. The minimum atomic E-state index is -0.833. The zero-order valence-electron chi connectivity index (χ0n) is 2.37. The zero-order chi connectivity index (χ0) is 5.41. The molecule has 2 nitrogen and oxygen atoms in total. The van der Waals surface area contributed by atoms with Crippen LogP contribution >= 0.6 is 27.7 Å². The van der Waals surface area contributed by atoms with Crippen molar-refractivity contribution in [2.24, 2.45) is 0 Å². The van der Waals surface area contributed by atoms with Gasteiger partial charge in [-0.15, -0.1) is 0 Å². The van der Waals surface area contributed by atoms with E-state index in [4.69, 9.17) is 28.5 Å². The van der Waals surface area contributed by atoms with Gasteiger partial charge < -0.3 is 4.89 Å². The van der Waals surface area contributed by atoms with Crippen LogP contribution in [-0.4, -0.2) is 4.89 Å². The Kier molecular flexibility index (Phi) is 27.9. The Bertz CT molecular complexity index is 25.5. The fourth-order valence-corrected chi connectivity index (χ4v) is 0. The van der Waals surface area contributed by atoms with Crippen LogP contribution in [0.2, 0.25) is 0 Å². The molecule has 0 aromatic rings. The predicted molar refractivity (Wildman–Crippen MR) is 21.5 cm³/mol. The Balaban J connectivity index is 0. The summed E-state index contributed by atoms with van der Waals surface area (Å²) in [4.78, 5) is 6.99. The Morgan fingerprint density at radius 1 is 1.67 bits per heavy atom. The second-order valence-corrected chi connectivity index (χ2v) is 2.65. The first-order valence-electron chi connectivity index (χ1n) is 0.622. The van der Waals surface area contributed by atoms with Crippen molar-refractivity contribution in [3.8, 4) is 0 Å². The van der Waals surface area contributed by atoms with Gasteiger partial charge in [0.05, 0.1) is 0 Å². The van der Waals surface area contributed by atoms with Gasteiger partial charge in [-0.1, -0.05) is 0 Å². The molecule has 0 aliphatic heterocycles. The fourth-order valence-electron chi connectivity index (χ4n) is 0. The Hall–Kier alpha value is 1.30. The van der Waals surface area contributed by atoms with Crippen LogP contribution in [0.5, 0.6) is 0 Å². The van der Waals surface area contributed by atoms with Crippen LogP contribution in [0.25, 0.3) is 0 Å². The summed E-state index contributed by atoms with van der Waals surface area (Å²) in [5.41, 5.74) is 0. The van der Waals surface area contributed by atoms with Crippen LogP contribution in [0, 0.1) is 0 Å². The van der Waals surface area contributed by atoms with Crippen molar-refractivity contribution in [2.75, 3.05) is 0 Å². The molecule has 6 heteroatoms. The second kappa shape index (κ2) is 16.2. The molecule has 0 saturated heterocycles. The van der Waals surface area contributed by atoms with Crippen molar-refractivity contribution in [3.05, 3.63) is 0 Å². The summed E-state index contributed by atoms with van der Waals surface area (Å²) >= 11 is -0.106. The summed E-state index contributed by atoms with van der Waals surface area (Å²) in [6.07, 6.45) is 0. The van der Waals surface area contributed by atoms with Gasteiger partial charge in [-0.3, -0.25) is 0 Å². The molecule has 0 aliphatic rings. The van der Waals surface area contributed by atoms with Gasteiger partial charge in [0.1, 0.15) is 0 Å². The molecule has 0 spiro atoms. The van der Waals surface area contributed by atoms with E-state index in [2.05, 4.69) is 0 Å². The molecule has 0 aromatic carbocycles. The van der Waals surface area contributed by atoms with E-state index < -0.39 is 8.69 Å². The van der Waals surface area contributed by atoms with E-state index in [0.29, 0.717) is 0 Å². The third-order valence-electron chi connectivity index (χ3n) is 0. The molecule has 0 amide bonds. The van der Waals surface area contributed by atoms with Gasteiger partial charge >= 0.3 is 43.7 Å². The molecule has 0 saturated carbocycles. The van der Waals surface area contributed by atoms with Crippen molar-refractivity contribution in [1.82, 2.24) is 0 Å². The summed E-state index contributed by atoms with van der Waals surface area (Å²) in [5, 5.41) is 0. The van der Waals surface area contributed by atoms with Crippen LogP contribution < -0.4 is 0 Å². The molecule has 0 fully saturated rings.